The number of methoxy groups -OCH3 is 4. The lowest BCUT2D eigenvalue weighted by Gasteiger charge is -2.30. The Bertz CT molecular complexity index is 2870. The van der Waals surface area contributed by atoms with Crippen molar-refractivity contribution in [2.24, 2.45) is 0 Å². The van der Waals surface area contributed by atoms with Crippen LogP contribution in [0.25, 0.3) is 43.8 Å². The molecule has 0 N–H and O–H groups in total. The molecule has 62 heavy (non-hydrogen) atoms. The number of anilines is 5. The van der Waals surface area contributed by atoms with Crippen LogP contribution in [0.3, 0.4) is 0 Å². The van der Waals surface area contributed by atoms with Crippen LogP contribution in [0.15, 0.2) is 182 Å². The summed E-state index contributed by atoms with van der Waals surface area (Å²) in [6, 6.07) is 56.5. The van der Waals surface area contributed by atoms with E-state index in [9.17, 15) is 0 Å². The molecule has 1 unspecified atom stereocenters. The van der Waals surface area contributed by atoms with Crippen LogP contribution in [-0.2, 0) is 4.74 Å². The Morgan fingerprint density at radius 1 is 0.419 bits per heavy atom. The van der Waals surface area contributed by atoms with Gasteiger partial charge in [0.15, 0.2) is 0 Å². The number of benzene rings is 8. The molecule has 0 saturated heterocycles. The van der Waals surface area contributed by atoms with Gasteiger partial charge in [0.2, 0.25) is 0 Å². The van der Waals surface area contributed by atoms with E-state index in [0.717, 1.165) is 74.0 Å². The van der Waals surface area contributed by atoms with Crippen LogP contribution in [0.5, 0.6) is 17.2 Å². The van der Waals surface area contributed by atoms with E-state index in [0.29, 0.717) is 0 Å². The molecule has 0 radical (unpaired) electrons. The van der Waals surface area contributed by atoms with Crippen LogP contribution in [-0.4, -0.2) is 34.5 Å². The minimum atomic E-state index is 0.0343. The monoisotopic (exact) mass is 814 g/mol. The van der Waals surface area contributed by atoms with Crippen LogP contribution in [0.1, 0.15) is 17.5 Å². The summed E-state index contributed by atoms with van der Waals surface area (Å²) >= 11 is 0. The van der Waals surface area contributed by atoms with Crippen LogP contribution in [0, 0.1) is 13.8 Å². The Morgan fingerprint density at radius 2 is 0.806 bits per heavy atom. The van der Waals surface area contributed by atoms with Gasteiger partial charge in [0, 0.05) is 41.2 Å². The Labute approximate surface area is 364 Å². The summed E-state index contributed by atoms with van der Waals surface area (Å²) in [7, 11) is 6.86. The summed E-state index contributed by atoms with van der Waals surface area (Å²) in [6.45, 7) is 4.29. The first-order valence-electron chi connectivity index (χ1n) is 21.0. The molecule has 0 spiro atoms. The van der Waals surface area contributed by atoms with E-state index in [1.807, 2.05) is 36.4 Å². The largest absolute Gasteiger partial charge is 0.497 e. The fourth-order valence-corrected chi connectivity index (χ4v) is 8.55. The minimum Gasteiger partial charge on any atom is -0.497 e. The third-order valence-electron chi connectivity index (χ3n) is 11.9. The molecule has 0 saturated carbocycles. The summed E-state index contributed by atoms with van der Waals surface area (Å²) < 4.78 is 22.5. The predicted molar refractivity (Wildman–Crippen MR) is 257 cm³/mol. The quantitative estimate of drug-likeness (QED) is 0.114. The molecule has 9 rings (SSSR count). The molecule has 0 aliphatic heterocycles. The van der Waals surface area contributed by atoms with E-state index >= 15 is 0 Å². The molecule has 1 aliphatic rings. The number of hydrogen-bond donors (Lipinski definition) is 0. The third kappa shape index (κ3) is 7.77. The number of ether oxygens (including phenoxy) is 4. The van der Waals surface area contributed by atoms with Gasteiger partial charge in [0.05, 0.1) is 27.4 Å². The van der Waals surface area contributed by atoms with Crippen LogP contribution in [0.2, 0.25) is 0 Å². The molecular weight excluding hydrogens is 765 g/mol. The molecule has 8 aromatic carbocycles. The lowest BCUT2D eigenvalue weighted by molar-refractivity contribution is 0.142. The van der Waals surface area contributed by atoms with E-state index in [1.54, 1.807) is 28.4 Å². The highest BCUT2D eigenvalue weighted by atomic mass is 16.5. The third-order valence-corrected chi connectivity index (χ3v) is 11.9. The van der Waals surface area contributed by atoms with Gasteiger partial charge in [-0.1, -0.05) is 83.9 Å². The zero-order valence-electron chi connectivity index (χ0n) is 36.1. The van der Waals surface area contributed by atoms with Crippen molar-refractivity contribution in [3.63, 3.8) is 0 Å². The second-order valence-electron chi connectivity index (χ2n) is 15.7. The Balaban J connectivity index is 1.36. The highest BCUT2D eigenvalue weighted by Gasteiger charge is 2.23. The van der Waals surface area contributed by atoms with Crippen molar-refractivity contribution >= 4 is 50.0 Å². The molecule has 0 amide bonds. The van der Waals surface area contributed by atoms with Crippen molar-refractivity contribution < 1.29 is 18.9 Å². The van der Waals surface area contributed by atoms with Gasteiger partial charge in [-0.25, -0.2) is 0 Å². The average molecular weight is 815 g/mol. The van der Waals surface area contributed by atoms with E-state index in [2.05, 4.69) is 163 Å². The van der Waals surface area contributed by atoms with E-state index < -0.39 is 0 Å². The molecule has 0 aromatic heterocycles. The van der Waals surface area contributed by atoms with Crippen molar-refractivity contribution in [2.75, 3.05) is 38.2 Å². The maximum atomic E-state index is 5.72. The minimum absolute atomic E-state index is 0.0343. The van der Waals surface area contributed by atoms with Gasteiger partial charge in [-0.05, 0) is 167 Å². The lowest BCUT2D eigenvalue weighted by Crippen LogP contribution is -2.19. The summed E-state index contributed by atoms with van der Waals surface area (Å²) in [6.07, 6.45) is 7.39. The highest BCUT2D eigenvalue weighted by molar-refractivity contribution is 6.23. The van der Waals surface area contributed by atoms with E-state index in [-0.39, 0.29) is 6.10 Å². The first-order valence-corrected chi connectivity index (χ1v) is 21.0. The summed E-state index contributed by atoms with van der Waals surface area (Å²) in [5.41, 5.74) is 13.4. The molecular formula is C56H50N2O4. The Hall–Kier alpha value is -7.28. The smallest absolute Gasteiger partial charge is 0.119 e. The normalized spacial score (nSPS) is 13.5. The van der Waals surface area contributed by atoms with Crippen molar-refractivity contribution in [1.82, 2.24) is 0 Å². The van der Waals surface area contributed by atoms with Crippen molar-refractivity contribution in [3.05, 3.63) is 193 Å². The zero-order chi connectivity index (χ0) is 42.7. The maximum Gasteiger partial charge on any atom is 0.119 e. The molecule has 1 atom stereocenters. The van der Waals surface area contributed by atoms with Gasteiger partial charge in [0.25, 0.3) is 0 Å². The second kappa shape index (κ2) is 17.4. The Kier molecular flexibility index (Phi) is 11.2. The van der Waals surface area contributed by atoms with E-state index in [4.69, 9.17) is 18.9 Å². The molecule has 0 fully saturated rings. The number of nitrogens with zero attached hydrogens (tertiary/aromatic N) is 2. The first kappa shape index (κ1) is 40.1. The molecule has 6 nitrogen and oxygen atoms in total. The summed E-state index contributed by atoms with van der Waals surface area (Å²) in [4.78, 5) is 4.62. The van der Waals surface area contributed by atoms with Crippen molar-refractivity contribution in [2.45, 2.75) is 26.4 Å². The van der Waals surface area contributed by atoms with Crippen molar-refractivity contribution in [1.29, 1.82) is 0 Å². The Morgan fingerprint density at radius 3 is 1.18 bits per heavy atom. The summed E-state index contributed by atoms with van der Waals surface area (Å²) in [5, 5.41) is 4.61. The van der Waals surface area contributed by atoms with Gasteiger partial charge in [-0.2, -0.15) is 0 Å². The van der Waals surface area contributed by atoms with Gasteiger partial charge >= 0.3 is 0 Å². The van der Waals surface area contributed by atoms with Crippen LogP contribution < -0.4 is 24.0 Å². The van der Waals surface area contributed by atoms with Gasteiger partial charge in [-0.3, -0.25) is 0 Å². The molecule has 0 bridgehead atoms. The molecule has 6 heteroatoms. The fraction of sp³-hybridized carbons (Fsp3) is 0.143. The standard InChI is InChI=1S/C56H50N2O4/c1-37-7-11-39(12-8-37)55-51-33-23-45(57(41-15-25-47(59-3)26-16-41)42-17-27-48(60-4)28-18-42)35-53(51)54-36-46(24-34-52(54)56(55)40-13-9-38(2)10-14-40)58(43-19-29-49(61-5)30-20-43)44-21-31-50(62-6)32-22-44/h7-31,33-36,50H,32H2,1-6H3. The average Bonchev–Trinajstić information content (AvgIpc) is 3.33. The SMILES string of the molecule is COc1ccc(N(C2=CCC(OC)C=C2)c2ccc3c(-c4ccc(C)cc4)c(-c4ccc(C)cc4)c4ccc(N(c5ccc(OC)cc5)c5ccc(OC)cc5)cc4c3c2)cc1. The van der Waals surface area contributed by atoms with Crippen LogP contribution >= 0.6 is 0 Å². The van der Waals surface area contributed by atoms with E-state index in [1.165, 1.54) is 38.8 Å². The molecule has 0 heterocycles. The predicted octanol–water partition coefficient (Wildman–Crippen LogP) is 14.4. The molecule has 1 aliphatic carbocycles. The number of rotatable bonds is 12. The van der Waals surface area contributed by atoms with Crippen molar-refractivity contribution in [3.8, 4) is 39.5 Å². The second-order valence-corrected chi connectivity index (χ2v) is 15.7. The number of aryl methyl sites for hydroxylation is 2. The fourth-order valence-electron chi connectivity index (χ4n) is 8.55. The molecule has 308 valence electrons. The zero-order valence-corrected chi connectivity index (χ0v) is 36.1. The number of hydrogen-bond acceptors (Lipinski definition) is 6. The first-order chi connectivity index (χ1) is 30.3. The topological polar surface area (TPSA) is 43.4 Å². The maximum absolute atomic E-state index is 5.72. The van der Waals surface area contributed by atoms with Gasteiger partial charge in [-0.15, -0.1) is 0 Å². The summed E-state index contributed by atoms with van der Waals surface area (Å²) in [5.74, 6) is 2.41. The number of fused-ring (bicyclic) bond motifs is 3. The van der Waals surface area contributed by atoms with Gasteiger partial charge in [0.1, 0.15) is 17.2 Å². The molecule has 8 aromatic rings. The highest BCUT2D eigenvalue weighted by Crippen LogP contribution is 2.48. The number of allylic oxidation sites excluding steroid dienone is 1. The lowest BCUT2D eigenvalue weighted by atomic mass is 9.84. The van der Waals surface area contributed by atoms with Crippen LogP contribution in [0.4, 0.5) is 28.4 Å². The van der Waals surface area contributed by atoms with Gasteiger partial charge < -0.3 is 28.7 Å².